The highest BCUT2D eigenvalue weighted by Gasteiger charge is 2.22. The number of hydrogen-bond donors (Lipinski definition) is 1. The molecule has 0 bridgehead atoms. The molecule has 26 heavy (non-hydrogen) atoms. The van der Waals surface area contributed by atoms with Gasteiger partial charge in [-0.2, -0.15) is 0 Å². The monoisotopic (exact) mass is 383 g/mol. The van der Waals surface area contributed by atoms with E-state index in [9.17, 15) is 8.42 Å². The van der Waals surface area contributed by atoms with Crippen molar-refractivity contribution in [3.63, 3.8) is 0 Å². The van der Waals surface area contributed by atoms with Crippen LogP contribution in [0.25, 0.3) is 0 Å². The molecule has 0 atom stereocenters. The fourth-order valence-corrected chi connectivity index (χ4v) is 3.54. The molecule has 2 rings (SSSR count). The van der Waals surface area contributed by atoms with Gasteiger partial charge in [-0.15, -0.1) is 0 Å². The Bertz CT molecular complexity index is 856. The van der Waals surface area contributed by atoms with Gasteiger partial charge in [0.1, 0.15) is 16.4 Å². The zero-order valence-corrected chi connectivity index (χ0v) is 16.0. The summed E-state index contributed by atoms with van der Waals surface area (Å²) in [6.07, 6.45) is 0. The number of benzene rings is 2. The molecule has 2 aromatic carbocycles. The van der Waals surface area contributed by atoms with E-state index in [0.29, 0.717) is 23.0 Å². The van der Waals surface area contributed by atoms with Gasteiger partial charge in [0, 0.05) is 18.2 Å². The molecule has 0 radical (unpaired) electrons. The molecule has 1 N–H and O–H groups in total. The van der Waals surface area contributed by atoms with Crippen molar-refractivity contribution in [3.8, 4) is 28.7 Å². The van der Waals surface area contributed by atoms with Crippen LogP contribution in [-0.4, -0.2) is 44.0 Å². The molecule has 0 heterocycles. The lowest BCUT2D eigenvalue weighted by Crippen LogP contribution is -2.14. The third kappa shape index (κ3) is 3.88. The van der Waals surface area contributed by atoms with Gasteiger partial charge in [0.2, 0.25) is 5.75 Å². The molecule has 0 aliphatic rings. The van der Waals surface area contributed by atoms with Crippen LogP contribution in [0, 0.1) is 0 Å². The number of anilines is 1. The smallest absolute Gasteiger partial charge is 0.265 e. The van der Waals surface area contributed by atoms with Crippen LogP contribution in [0.4, 0.5) is 5.69 Å². The Morgan fingerprint density at radius 2 is 1.31 bits per heavy atom. The normalized spacial score (nSPS) is 10.8. The van der Waals surface area contributed by atoms with Crippen molar-refractivity contribution in [2.45, 2.75) is 4.90 Å². The Labute approximate surface area is 152 Å². The van der Waals surface area contributed by atoms with Crippen molar-refractivity contribution < 1.29 is 32.1 Å². The SMILES string of the molecule is COc1ccc(S(=O)(=O)Nc2cc(OC)c(OC)c(OC)c2)c(OC)c1. The van der Waals surface area contributed by atoms with E-state index in [-0.39, 0.29) is 16.3 Å². The molecule has 9 heteroatoms. The number of methoxy groups -OCH3 is 5. The minimum Gasteiger partial charge on any atom is -0.497 e. The average molecular weight is 383 g/mol. The van der Waals surface area contributed by atoms with Gasteiger partial charge in [0.05, 0.1) is 41.2 Å². The summed E-state index contributed by atoms with van der Waals surface area (Å²) >= 11 is 0. The summed E-state index contributed by atoms with van der Waals surface area (Å²) in [5.41, 5.74) is 0.248. The molecular weight excluding hydrogens is 362 g/mol. The van der Waals surface area contributed by atoms with E-state index in [1.807, 2.05) is 0 Å². The summed E-state index contributed by atoms with van der Waals surface area (Å²) in [5.74, 6) is 1.65. The van der Waals surface area contributed by atoms with E-state index < -0.39 is 10.0 Å². The molecule has 0 aromatic heterocycles. The van der Waals surface area contributed by atoms with Crippen molar-refractivity contribution in [2.24, 2.45) is 0 Å². The topological polar surface area (TPSA) is 92.3 Å². The molecule has 0 unspecified atom stereocenters. The summed E-state index contributed by atoms with van der Waals surface area (Å²) in [5, 5.41) is 0. The largest absolute Gasteiger partial charge is 0.497 e. The average Bonchev–Trinajstić information content (AvgIpc) is 2.65. The minimum absolute atomic E-state index is 0.0328. The third-order valence-electron chi connectivity index (χ3n) is 3.58. The van der Waals surface area contributed by atoms with Crippen LogP contribution in [0.2, 0.25) is 0 Å². The van der Waals surface area contributed by atoms with Crippen LogP contribution < -0.4 is 28.4 Å². The molecule has 0 saturated carbocycles. The van der Waals surface area contributed by atoms with Gasteiger partial charge in [-0.05, 0) is 12.1 Å². The maximum Gasteiger partial charge on any atom is 0.265 e. The van der Waals surface area contributed by atoms with Crippen molar-refractivity contribution in [1.29, 1.82) is 0 Å². The molecule has 0 amide bonds. The highest BCUT2D eigenvalue weighted by molar-refractivity contribution is 7.92. The zero-order valence-electron chi connectivity index (χ0n) is 15.2. The fraction of sp³-hybridized carbons (Fsp3) is 0.294. The van der Waals surface area contributed by atoms with Crippen LogP contribution in [0.1, 0.15) is 0 Å². The summed E-state index contributed by atoms with van der Waals surface area (Å²) in [6.45, 7) is 0. The van der Waals surface area contributed by atoms with Crippen LogP contribution in [0.5, 0.6) is 28.7 Å². The third-order valence-corrected chi connectivity index (χ3v) is 5.00. The quantitative estimate of drug-likeness (QED) is 0.749. The Balaban J connectivity index is 2.47. The van der Waals surface area contributed by atoms with Crippen molar-refractivity contribution in [1.82, 2.24) is 0 Å². The van der Waals surface area contributed by atoms with E-state index in [1.54, 1.807) is 0 Å². The molecule has 0 aliphatic carbocycles. The number of ether oxygens (including phenoxy) is 5. The van der Waals surface area contributed by atoms with E-state index in [1.165, 1.54) is 65.9 Å². The Morgan fingerprint density at radius 3 is 1.77 bits per heavy atom. The lowest BCUT2D eigenvalue weighted by molar-refractivity contribution is 0.324. The second kappa shape index (κ2) is 8.05. The first-order valence-electron chi connectivity index (χ1n) is 7.45. The molecular formula is C17H21NO7S. The van der Waals surface area contributed by atoms with Gasteiger partial charge in [-0.3, -0.25) is 4.72 Å². The predicted octanol–water partition coefficient (Wildman–Crippen LogP) is 2.53. The Kier molecular flexibility index (Phi) is 6.04. The highest BCUT2D eigenvalue weighted by Crippen LogP contribution is 2.40. The summed E-state index contributed by atoms with van der Waals surface area (Å²) in [7, 11) is 3.29. The first-order chi connectivity index (χ1) is 12.4. The van der Waals surface area contributed by atoms with Gasteiger partial charge in [-0.1, -0.05) is 0 Å². The minimum atomic E-state index is -3.93. The summed E-state index contributed by atoms with van der Waals surface area (Å²) in [4.78, 5) is -0.0328. The summed E-state index contributed by atoms with van der Waals surface area (Å²) < 4.78 is 54.0. The molecule has 8 nitrogen and oxygen atoms in total. The van der Waals surface area contributed by atoms with E-state index in [2.05, 4.69) is 4.72 Å². The van der Waals surface area contributed by atoms with Gasteiger partial charge in [0.15, 0.2) is 11.5 Å². The fourth-order valence-electron chi connectivity index (χ4n) is 2.35. The maximum absolute atomic E-state index is 12.8. The van der Waals surface area contributed by atoms with Crippen molar-refractivity contribution >= 4 is 15.7 Å². The van der Waals surface area contributed by atoms with E-state index in [4.69, 9.17) is 23.7 Å². The number of nitrogens with one attached hydrogen (secondary N) is 1. The van der Waals surface area contributed by atoms with Crippen LogP contribution >= 0.6 is 0 Å². The second-order valence-electron chi connectivity index (χ2n) is 5.04. The molecule has 0 aliphatic heterocycles. The Hall–Kier alpha value is -2.81. The van der Waals surface area contributed by atoms with Gasteiger partial charge in [-0.25, -0.2) is 8.42 Å². The first kappa shape index (κ1) is 19.5. The highest BCUT2D eigenvalue weighted by atomic mass is 32.2. The van der Waals surface area contributed by atoms with Gasteiger partial charge in [0.25, 0.3) is 10.0 Å². The van der Waals surface area contributed by atoms with Gasteiger partial charge >= 0.3 is 0 Å². The number of hydrogen-bond acceptors (Lipinski definition) is 7. The molecule has 142 valence electrons. The number of sulfonamides is 1. The standard InChI is InChI=1S/C17H21NO7S/c1-21-12-6-7-16(13(10-12)22-2)26(19,20)18-11-8-14(23-3)17(25-5)15(9-11)24-4/h6-10,18H,1-5H3. The van der Waals surface area contributed by atoms with Crippen molar-refractivity contribution in [2.75, 3.05) is 40.3 Å². The lowest BCUT2D eigenvalue weighted by Gasteiger charge is -2.16. The summed E-state index contributed by atoms with van der Waals surface area (Å²) in [6, 6.07) is 7.41. The zero-order chi connectivity index (χ0) is 19.3. The van der Waals surface area contributed by atoms with Crippen LogP contribution in [-0.2, 0) is 10.0 Å². The van der Waals surface area contributed by atoms with Crippen molar-refractivity contribution in [3.05, 3.63) is 30.3 Å². The van der Waals surface area contributed by atoms with Crippen LogP contribution in [0.15, 0.2) is 35.2 Å². The lowest BCUT2D eigenvalue weighted by atomic mass is 10.2. The van der Waals surface area contributed by atoms with Crippen LogP contribution in [0.3, 0.4) is 0 Å². The van der Waals surface area contributed by atoms with E-state index in [0.717, 1.165) is 0 Å². The molecule has 0 saturated heterocycles. The molecule has 0 spiro atoms. The maximum atomic E-state index is 12.8. The molecule has 0 fully saturated rings. The Morgan fingerprint density at radius 1 is 0.731 bits per heavy atom. The first-order valence-corrected chi connectivity index (χ1v) is 8.93. The predicted molar refractivity (Wildman–Crippen MR) is 96.5 cm³/mol. The number of rotatable bonds is 8. The second-order valence-corrected chi connectivity index (χ2v) is 6.69. The van der Waals surface area contributed by atoms with Gasteiger partial charge < -0.3 is 23.7 Å². The van der Waals surface area contributed by atoms with E-state index >= 15 is 0 Å². The molecule has 2 aromatic rings.